The molecule has 7 heteroatoms. The molecule has 0 saturated heterocycles. The highest BCUT2D eigenvalue weighted by atomic mass is 32.1. The molecule has 1 heterocycles. The number of anilines is 1. The topological polar surface area (TPSA) is 83.1 Å². The van der Waals surface area contributed by atoms with E-state index in [2.05, 4.69) is 20.9 Å². The minimum atomic E-state index is -0.396. The SMILES string of the molecule is Cc1cc(C)c(NC(=O)CNC(=O)NC(C)c2nc(C)cs2)c(C)c1. The van der Waals surface area contributed by atoms with Crippen molar-refractivity contribution in [2.24, 2.45) is 0 Å². The Balaban J connectivity index is 1.84. The number of carbonyl (C=O) groups excluding carboxylic acids is 2. The second kappa shape index (κ2) is 8.11. The molecule has 0 spiro atoms. The minimum Gasteiger partial charge on any atom is -0.329 e. The molecule has 134 valence electrons. The van der Waals surface area contributed by atoms with Gasteiger partial charge in [-0.2, -0.15) is 0 Å². The molecule has 2 aromatic rings. The second-order valence-electron chi connectivity index (χ2n) is 6.20. The van der Waals surface area contributed by atoms with Gasteiger partial charge in [-0.05, 0) is 45.7 Å². The number of aryl methyl sites for hydroxylation is 4. The lowest BCUT2D eigenvalue weighted by Gasteiger charge is -2.14. The number of thiazole rings is 1. The number of carbonyl (C=O) groups is 2. The fourth-order valence-corrected chi connectivity index (χ4v) is 3.41. The van der Waals surface area contributed by atoms with Gasteiger partial charge in [-0.25, -0.2) is 9.78 Å². The molecule has 3 N–H and O–H groups in total. The number of hydrogen-bond acceptors (Lipinski definition) is 4. The summed E-state index contributed by atoms with van der Waals surface area (Å²) in [7, 11) is 0. The summed E-state index contributed by atoms with van der Waals surface area (Å²) in [6.45, 7) is 9.59. The van der Waals surface area contributed by atoms with Gasteiger partial charge < -0.3 is 16.0 Å². The van der Waals surface area contributed by atoms with Crippen LogP contribution in [0.3, 0.4) is 0 Å². The largest absolute Gasteiger partial charge is 0.329 e. The molecule has 2 rings (SSSR count). The van der Waals surface area contributed by atoms with E-state index in [1.165, 1.54) is 11.3 Å². The number of amides is 3. The van der Waals surface area contributed by atoms with Gasteiger partial charge in [-0.1, -0.05) is 17.7 Å². The van der Waals surface area contributed by atoms with E-state index in [0.29, 0.717) is 0 Å². The van der Waals surface area contributed by atoms with Gasteiger partial charge in [0.2, 0.25) is 5.91 Å². The third-order valence-corrected chi connectivity index (χ3v) is 4.85. The Morgan fingerprint density at radius 1 is 1.16 bits per heavy atom. The van der Waals surface area contributed by atoms with Gasteiger partial charge in [0.15, 0.2) is 0 Å². The zero-order chi connectivity index (χ0) is 18.6. The summed E-state index contributed by atoms with van der Waals surface area (Å²) in [6, 6.07) is 3.43. The predicted molar refractivity (Wildman–Crippen MR) is 101 cm³/mol. The zero-order valence-electron chi connectivity index (χ0n) is 15.2. The van der Waals surface area contributed by atoms with E-state index in [9.17, 15) is 9.59 Å². The maximum atomic E-state index is 12.1. The summed E-state index contributed by atoms with van der Waals surface area (Å²) in [5, 5.41) is 11.0. The lowest BCUT2D eigenvalue weighted by molar-refractivity contribution is -0.115. The molecule has 1 aromatic carbocycles. The minimum absolute atomic E-state index is 0.0950. The molecular weight excluding hydrogens is 336 g/mol. The number of rotatable bonds is 5. The van der Waals surface area contributed by atoms with Crippen LogP contribution in [0.2, 0.25) is 0 Å². The number of nitrogens with one attached hydrogen (secondary N) is 3. The summed E-state index contributed by atoms with van der Waals surface area (Å²) in [5.74, 6) is -0.261. The molecule has 0 fully saturated rings. The van der Waals surface area contributed by atoms with Crippen molar-refractivity contribution in [3.8, 4) is 0 Å². The summed E-state index contributed by atoms with van der Waals surface area (Å²) >= 11 is 1.50. The smallest absolute Gasteiger partial charge is 0.315 e. The number of nitrogens with zero attached hydrogens (tertiary/aromatic N) is 1. The van der Waals surface area contributed by atoms with Gasteiger partial charge in [0, 0.05) is 16.8 Å². The van der Waals surface area contributed by atoms with Crippen LogP contribution in [0.5, 0.6) is 0 Å². The Hall–Kier alpha value is -2.41. The van der Waals surface area contributed by atoms with Crippen molar-refractivity contribution in [3.05, 3.63) is 44.9 Å². The molecule has 3 amide bonds. The maximum Gasteiger partial charge on any atom is 0.315 e. The molecule has 6 nitrogen and oxygen atoms in total. The molecular formula is C18H24N4O2S. The van der Waals surface area contributed by atoms with Gasteiger partial charge in [0.05, 0.1) is 12.6 Å². The Labute approximate surface area is 152 Å². The van der Waals surface area contributed by atoms with Crippen molar-refractivity contribution in [1.29, 1.82) is 0 Å². The predicted octanol–water partition coefficient (Wildman–Crippen LogP) is 3.38. The van der Waals surface area contributed by atoms with Crippen LogP contribution in [0.1, 0.15) is 40.4 Å². The van der Waals surface area contributed by atoms with Gasteiger partial charge >= 0.3 is 6.03 Å². The van der Waals surface area contributed by atoms with Crippen LogP contribution in [0.4, 0.5) is 10.5 Å². The molecule has 0 bridgehead atoms. The third kappa shape index (κ3) is 5.29. The first-order chi connectivity index (χ1) is 11.8. The van der Waals surface area contributed by atoms with E-state index in [0.717, 1.165) is 33.1 Å². The molecule has 1 aromatic heterocycles. The van der Waals surface area contributed by atoms with Gasteiger partial charge in [-0.15, -0.1) is 11.3 Å². The lowest BCUT2D eigenvalue weighted by atomic mass is 10.1. The van der Waals surface area contributed by atoms with Crippen molar-refractivity contribution in [1.82, 2.24) is 15.6 Å². The van der Waals surface area contributed by atoms with Gasteiger partial charge in [0.25, 0.3) is 0 Å². The van der Waals surface area contributed by atoms with Crippen LogP contribution in [0, 0.1) is 27.7 Å². The van der Waals surface area contributed by atoms with Crippen LogP contribution < -0.4 is 16.0 Å². The van der Waals surface area contributed by atoms with E-state index in [-0.39, 0.29) is 18.5 Å². The maximum absolute atomic E-state index is 12.1. The highest BCUT2D eigenvalue weighted by molar-refractivity contribution is 7.09. The number of benzene rings is 1. The van der Waals surface area contributed by atoms with Crippen molar-refractivity contribution in [2.45, 2.75) is 40.7 Å². The Kier molecular flexibility index (Phi) is 6.14. The molecule has 1 atom stereocenters. The van der Waals surface area contributed by atoms with Crippen LogP contribution in [0.15, 0.2) is 17.5 Å². The first kappa shape index (κ1) is 18.9. The first-order valence-corrected chi connectivity index (χ1v) is 8.98. The number of hydrogen-bond donors (Lipinski definition) is 3. The average molecular weight is 360 g/mol. The van der Waals surface area contributed by atoms with Crippen molar-refractivity contribution in [2.75, 3.05) is 11.9 Å². The Bertz CT molecular complexity index is 762. The van der Waals surface area contributed by atoms with Gasteiger partial charge in [0.1, 0.15) is 5.01 Å². The van der Waals surface area contributed by atoms with Crippen molar-refractivity contribution < 1.29 is 9.59 Å². The van der Waals surface area contributed by atoms with Crippen molar-refractivity contribution >= 4 is 29.0 Å². The van der Waals surface area contributed by atoms with Crippen molar-refractivity contribution in [3.63, 3.8) is 0 Å². The molecule has 0 aliphatic heterocycles. The fraction of sp³-hybridized carbons (Fsp3) is 0.389. The molecule has 1 unspecified atom stereocenters. The van der Waals surface area contributed by atoms with E-state index in [4.69, 9.17) is 0 Å². The molecule has 0 saturated carbocycles. The monoisotopic (exact) mass is 360 g/mol. The standard InChI is InChI=1S/C18H24N4O2S/c1-10-6-11(2)16(12(3)7-10)22-15(23)8-19-18(24)21-14(5)17-20-13(4)9-25-17/h6-7,9,14H,8H2,1-5H3,(H,22,23)(H2,19,21,24). The van der Waals surface area contributed by atoms with E-state index < -0.39 is 6.03 Å². The molecule has 0 aliphatic carbocycles. The Morgan fingerprint density at radius 2 is 1.80 bits per heavy atom. The van der Waals surface area contributed by atoms with E-state index in [1.54, 1.807) is 0 Å². The van der Waals surface area contributed by atoms with Gasteiger partial charge in [-0.3, -0.25) is 4.79 Å². The Morgan fingerprint density at radius 3 is 2.36 bits per heavy atom. The van der Waals surface area contributed by atoms with Crippen LogP contribution in [-0.2, 0) is 4.79 Å². The van der Waals surface area contributed by atoms with E-state index in [1.807, 2.05) is 52.1 Å². The van der Waals surface area contributed by atoms with E-state index >= 15 is 0 Å². The lowest BCUT2D eigenvalue weighted by Crippen LogP contribution is -2.41. The van der Waals surface area contributed by atoms with Crippen LogP contribution >= 0.6 is 11.3 Å². The second-order valence-corrected chi connectivity index (χ2v) is 7.09. The highest BCUT2D eigenvalue weighted by Gasteiger charge is 2.14. The fourth-order valence-electron chi connectivity index (χ4n) is 2.60. The third-order valence-electron chi connectivity index (χ3n) is 3.71. The summed E-state index contributed by atoms with van der Waals surface area (Å²) in [5.41, 5.74) is 4.88. The molecule has 0 radical (unpaired) electrons. The summed E-state index contributed by atoms with van der Waals surface area (Å²) in [4.78, 5) is 28.4. The number of urea groups is 1. The molecule has 0 aliphatic rings. The zero-order valence-corrected chi connectivity index (χ0v) is 16.0. The summed E-state index contributed by atoms with van der Waals surface area (Å²) in [6.07, 6.45) is 0. The van der Waals surface area contributed by atoms with Crippen LogP contribution in [0.25, 0.3) is 0 Å². The van der Waals surface area contributed by atoms with Crippen LogP contribution in [-0.4, -0.2) is 23.5 Å². The number of aromatic nitrogens is 1. The molecule has 25 heavy (non-hydrogen) atoms. The normalized spacial score (nSPS) is 11.7. The average Bonchev–Trinajstić information content (AvgIpc) is 2.95. The first-order valence-electron chi connectivity index (χ1n) is 8.10. The summed E-state index contributed by atoms with van der Waals surface area (Å²) < 4.78 is 0. The highest BCUT2D eigenvalue weighted by Crippen LogP contribution is 2.21. The quantitative estimate of drug-likeness (QED) is 0.764.